The number of aromatic nitrogens is 2. The number of alkyl halides is 3. The second-order valence-corrected chi connectivity index (χ2v) is 7.60. The minimum absolute atomic E-state index is 0.0859. The molecule has 2 aromatic heterocycles. The molecule has 3 heterocycles. The van der Waals surface area contributed by atoms with E-state index in [2.05, 4.69) is 15.7 Å². The molecule has 0 fully saturated rings. The molecule has 0 aliphatic carbocycles. The molecule has 0 spiro atoms. The van der Waals surface area contributed by atoms with E-state index in [0.717, 1.165) is 4.68 Å². The average Bonchev–Trinajstić information content (AvgIpc) is 3.36. The van der Waals surface area contributed by atoms with E-state index in [1.165, 1.54) is 24.5 Å². The van der Waals surface area contributed by atoms with Crippen molar-refractivity contribution in [2.75, 3.05) is 5.32 Å². The lowest BCUT2D eigenvalue weighted by Crippen LogP contribution is -2.35. The molecule has 11 heteroatoms. The fraction of sp³-hybridized carbons (Fsp3) is 0.263. The van der Waals surface area contributed by atoms with Gasteiger partial charge in [0, 0.05) is 12.5 Å². The zero-order chi connectivity index (χ0) is 21.5. The van der Waals surface area contributed by atoms with Gasteiger partial charge in [0.1, 0.15) is 11.6 Å². The predicted molar refractivity (Wildman–Crippen MR) is 105 cm³/mol. The number of furan rings is 1. The Labute approximate surface area is 178 Å². The van der Waals surface area contributed by atoms with Gasteiger partial charge in [0.2, 0.25) is 0 Å². The van der Waals surface area contributed by atoms with E-state index < -0.39 is 24.2 Å². The third-order valence-electron chi connectivity index (χ3n) is 4.77. The third-order valence-corrected chi connectivity index (χ3v) is 5.51. The van der Waals surface area contributed by atoms with Crippen molar-refractivity contribution < 1.29 is 22.4 Å². The molecule has 2 N–H and O–H groups in total. The van der Waals surface area contributed by atoms with Gasteiger partial charge in [-0.15, -0.1) is 0 Å². The van der Waals surface area contributed by atoms with Gasteiger partial charge in [0.05, 0.1) is 28.9 Å². The summed E-state index contributed by atoms with van der Waals surface area (Å²) in [6.07, 6.45) is -3.42. The zero-order valence-corrected chi connectivity index (χ0v) is 16.7. The lowest BCUT2D eigenvalue weighted by Gasteiger charge is -2.33. The van der Waals surface area contributed by atoms with Crippen molar-refractivity contribution in [3.05, 3.63) is 69.7 Å². The van der Waals surface area contributed by atoms with Gasteiger partial charge >= 0.3 is 6.18 Å². The van der Waals surface area contributed by atoms with Gasteiger partial charge in [0.25, 0.3) is 5.91 Å². The summed E-state index contributed by atoms with van der Waals surface area (Å²) in [6.45, 7) is 0.0933. The smallest absolute Gasteiger partial charge is 0.410 e. The molecule has 158 valence electrons. The highest BCUT2D eigenvalue weighted by Gasteiger charge is 2.46. The van der Waals surface area contributed by atoms with Gasteiger partial charge in [-0.05, 0) is 29.8 Å². The van der Waals surface area contributed by atoms with Crippen molar-refractivity contribution in [3.63, 3.8) is 0 Å². The van der Waals surface area contributed by atoms with Gasteiger partial charge < -0.3 is 15.1 Å². The van der Waals surface area contributed by atoms with E-state index >= 15 is 0 Å². The summed E-state index contributed by atoms with van der Waals surface area (Å²) in [5.74, 6) is -0.0109. The predicted octanol–water partition coefficient (Wildman–Crippen LogP) is 5.37. The maximum atomic E-state index is 13.7. The topological polar surface area (TPSA) is 72.1 Å². The summed E-state index contributed by atoms with van der Waals surface area (Å²) in [4.78, 5) is 12.4. The highest BCUT2D eigenvalue weighted by atomic mass is 35.5. The van der Waals surface area contributed by atoms with Gasteiger partial charge in [0.15, 0.2) is 11.7 Å². The minimum atomic E-state index is -4.56. The molecule has 1 aliphatic rings. The summed E-state index contributed by atoms with van der Waals surface area (Å²) in [6, 6.07) is 6.71. The van der Waals surface area contributed by atoms with Crippen LogP contribution in [0.1, 0.15) is 40.3 Å². The van der Waals surface area contributed by atoms with Gasteiger partial charge in [-0.25, -0.2) is 4.68 Å². The molecule has 2 atom stereocenters. The number of anilines is 1. The van der Waals surface area contributed by atoms with E-state index in [9.17, 15) is 18.0 Å². The molecule has 0 saturated carbocycles. The number of nitrogens with one attached hydrogen (secondary N) is 2. The molecule has 0 unspecified atom stereocenters. The van der Waals surface area contributed by atoms with Crippen molar-refractivity contribution in [1.29, 1.82) is 0 Å². The number of halogens is 5. The van der Waals surface area contributed by atoms with E-state index in [4.69, 9.17) is 27.6 Å². The summed E-state index contributed by atoms with van der Waals surface area (Å²) >= 11 is 11.9. The molecule has 4 rings (SSSR count). The third kappa shape index (κ3) is 4.13. The summed E-state index contributed by atoms with van der Waals surface area (Å²) < 4.78 is 47.2. The van der Waals surface area contributed by atoms with Gasteiger partial charge in [-0.3, -0.25) is 4.79 Å². The van der Waals surface area contributed by atoms with E-state index in [0.29, 0.717) is 16.3 Å². The molecule has 1 aliphatic heterocycles. The molecule has 3 aromatic rings. The van der Waals surface area contributed by atoms with Crippen LogP contribution in [0.4, 0.5) is 19.0 Å². The Morgan fingerprint density at radius 2 is 2.07 bits per heavy atom. The monoisotopic (exact) mass is 458 g/mol. The summed E-state index contributed by atoms with van der Waals surface area (Å²) in [7, 11) is 0. The highest BCUT2D eigenvalue weighted by molar-refractivity contribution is 6.42. The first kappa shape index (κ1) is 20.6. The van der Waals surface area contributed by atoms with Crippen molar-refractivity contribution in [1.82, 2.24) is 15.1 Å². The van der Waals surface area contributed by atoms with Crippen molar-refractivity contribution in [2.24, 2.45) is 0 Å². The molecule has 6 nitrogen and oxygen atoms in total. The fourth-order valence-electron chi connectivity index (χ4n) is 3.30. The van der Waals surface area contributed by atoms with Crippen LogP contribution in [0.2, 0.25) is 10.0 Å². The normalized spacial score (nSPS) is 18.6. The fourth-order valence-corrected chi connectivity index (χ4v) is 3.61. The van der Waals surface area contributed by atoms with E-state index in [1.807, 2.05) is 0 Å². The van der Waals surface area contributed by atoms with Crippen molar-refractivity contribution in [3.8, 4) is 0 Å². The quantitative estimate of drug-likeness (QED) is 0.550. The number of nitrogens with zero attached hydrogens (tertiary/aromatic N) is 2. The Kier molecular flexibility index (Phi) is 5.42. The Morgan fingerprint density at radius 3 is 2.73 bits per heavy atom. The van der Waals surface area contributed by atoms with Crippen LogP contribution in [0.15, 0.2) is 47.1 Å². The molecular formula is C19H15Cl2F3N4O2. The van der Waals surface area contributed by atoms with Gasteiger partial charge in [-0.1, -0.05) is 29.3 Å². The highest BCUT2D eigenvalue weighted by Crippen LogP contribution is 2.44. The Bertz CT molecular complexity index is 1070. The van der Waals surface area contributed by atoms with Crippen LogP contribution < -0.4 is 10.6 Å². The van der Waals surface area contributed by atoms with Crippen LogP contribution in [-0.4, -0.2) is 21.9 Å². The molecule has 30 heavy (non-hydrogen) atoms. The minimum Gasteiger partial charge on any atom is -0.467 e. The molecular weight excluding hydrogens is 444 g/mol. The van der Waals surface area contributed by atoms with Crippen molar-refractivity contribution >= 4 is 34.9 Å². The SMILES string of the molecule is O=C(NCc1ccco1)c1cc2n(n1)[C@@H](C(F)(F)F)C[C@H](c1ccc(Cl)c(Cl)c1)N2. The van der Waals surface area contributed by atoms with Crippen LogP contribution in [-0.2, 0) is 6.54 Å². The summed E-state index contributed by atoms with van der Waals surface area (Å²) in [5.41, 5.74) is 0.419. The Hall–Kier alpha value is -2.65. The molecule has 0 radical (unpaired) electrons. The molecule has 0 saturated heterocycles. The first-order chi connectivity index (χ1) is 14.2. The number of carbonyl (C=O) groups excluding carboxylic acids is 1. The molecule has 0 bridgehead atoms. The van der Waals surface area contributed by atoms with Crippen molar-refractivity contribution in [2.45, 2.75) is 31.2 Å². The molecule has 1 amide bonds. The van der Waals surface area contributed by atoms with Crippen LogP contribution in [0.25, 0.3) is 0 Å². The lowest BCUT2D eigenvalue weighted by molar-refractivity contribution is -0.173. The Balaban J connectivity index is 1.61. The second-order valence-electron chi connectivity index (χ2n) is 6.79. The lowest BCUT2D eigenvalue weighted by atomic mass is 9.97. The number of fused-ring (bicyclic) bond motifs is 1. The number of carbonyl (C=O) groups is 1. The van der Waals surface area contributed by atoms with E-state index in [1.54, 1.807) is 18.2 Å². The first-order valence-electron chi connectivity index (χ1n) is 8.90. The second kappa shape index (κ2) is 7.88. The number of benzene rings is 1. The standard InChI is InChI=1S/C19H15Cl2F3N4O2/c20-12-4-3-10(6-13(12)21)14-7-16(19(22,23)24)28-17(26-14)8-15(27-28)18(29)25-9-11-2-1-5-30-11/h1-6,8,14,16,26H,7,9H2,(H,25,29)/t14-,16-/m1/s1. The van der Waals surface area contributed by atoms with Crippen LogP contribution in [0.3, 0.4) is 0 Å². The first-order valence-corrected chi connectivity index (χ1v) is 9.66. The maximum Gasteiger partial charge on any atom is 0.410 e. The molecule has 1 aromatic carbocycles. The number of hydrogen-bond acceptors (Lipinski definition) is 4. The summed E-state index contributed by atoms with van der Waals surface area (Å²) in [5, 5.41) is 10.0. The van der Waals surface area contributed by atoms with Crippen LogP contribution in [0.5, 0.6) is 0 Å². The maximum absolute atomic E-state index is 13.7. The number of rotatable bonds is 4. The number of hydrogen-bond donors (Lipinski definition) is 2. The van der Waals surface area contributed by atoms with Crippen LogP contribution in [0, 0.1) is 0 Å². The Morgan fingerprint density at radius 1 is 1.27 bits per heavy atom. The average molecular weight is 459 g/mol. The van der Waals surface area contributed by atoms with Gasteiger partial charge in [-0.2, -0.15) is 18.3 Å². The zero-order valence-electron chi connectivity index (χ0n) is 15.2. The van der Waals surface area contributed by atoms with E-state index in [-0.39, 0.29) is 29.5 Å². The van der Waals surface area contributed by atoms with Crippen LogP contribution >= 0.6 is 23.2 Å². The number of amides is 1. The largest absolute Gasteiger partial charge is 0.467 e.